The highest BCUT2D eigenvalue weighted by Crippen LogP contribution is 2.40. The van der Waals surface area contributed by atoms with Crippen LogP contribution >= 0.6 is 0 Å². The molecule has 11 nitrogen and oxygen atoms in total. The number of hydrogen-bond donors (Lipinski definition) is 7. The first-order chi connectivity index (χ1) is 23.0. The number of nitrogens with zero attached hydrogens (tertiary/aromatic N) is 1. The molecule has 2 aromatic carbocycles. The molecule has 2 fully saturated rings. The van der Waals surface area contributed by atoms with E-state index in [1.807, 2.05) is 51.1 Å². The largest absolute Gasteiger partial charge is 0.508 e. The molecule has 7 N–H and O–H groups in total. The van der Waals surface area contributed by atoms with Crippen LogP contribution in [0.15, 0.2) is 36.4 Å². The molecule has 0 spiro atoms. The van der Waals surface area contributed by atoms with Gasteiger partial charge in [0.05, 0.1) is 12.0 Å². The van der Waals surface area contributed by atoms with Crippen LogP contribution in [0.2, 0.25) is 0 Å². The number of aliphatic hydroxyl groups excluding tert-OH is 4. The Balaban J connectivity index is 1.54. The zero-order valence-corrected chi connectivity index (χ0v) is 29.9. The molecule has 2 aromatic rings. The van der Waals surface area contributed by atoms with Crippen molar-refractivity contribution in [2.45, 2.75) is 103 Å². The quantitative estimate of drug-likeness (QED) is 0.188. The number of phenolic OH excluding ortho intramolecular Hbond substituents is 1. The Bertz CT molecular complexity index is 1510. The van der Waals surface area contributed by atoms with Crippen molar-refractivity contribution in [3.8, 4) is 5.75 Å². The Morgan fingerprint density at radius 2 is 1.71 bits per heavy atom. The first-order valence-electron chi connectivity index (χ1n) is 17.3. The topological polar surface area (TPSA) is 172 Å². The standard InChI is InChI=1S/C38H55N3O8/c1-8-22(2)27-20-29(43)28(34-33(46)32(45)31(44)30(21-42)49-34)19-26(27)18-25-10-9-24(17-23(25)3)11-12-37(4,5)35(47)40-38(6,7)36(48)41-15-13-39-14-16-41/h9-12,17,19-20,22,30-34,39,42-46H,8,13-16,18,21H2,1-7H3,(H,40,47)/b12-11+/t22?,30-,31+,32+,33+,34+/m1/s1. The molecule has 0 saturated carbocycles. The Hall–Kier alpha value is -3.32. The molecule has 2 heterocycles. The molecule has 6 atom stereocenters. The van der Waals surface area contributed by atoms with Crippen LogP contribution < -0.4 is 10.6 Å². The smallest absolute Gasteiger partial charge is 0.247 e. The number of aryl methyl sites for hydroxylation is 1. The number of benzene rings is 2. The lowest BCUT2D eigenvalue weighted by Gasteiger charge is -2.40. The van der Waals surface area contributed by atoms with Gasteiger partial charge in [-0.3, -0.25) is 9.59 Å². The van der Waals surface area contributed by atoms with Crippen LogP contribution in [-0.4, -0.2) is 105 Å². The summed E-state index contributed by atoms with van der Waals surface area (Å²) in [7, 11) is 0. The molecule has 270 valence electrons. The number of hydrogen-bond acceptors (Lipinski definition) is 9. The van der Waals surface area contributed by atoms with E-state index in [0.717, 1.165) is 47.3 Å². The van der Waals surface area contributed by atoms with Gasteiger partial charge in [0.2, 0.25) is 11.8 Å². The first kappa shape index (κ1) is 38.5. The molecular formula is C38H55N3O8. The van der Waals surface area contributed by atoms with Gasteiger partial charge in [-0.2, -0.15) is 0 Å². The second-order valence-corrected chi connectivity index (χ2v) is 14.7. The summed E-state index contributed by atoms with van der Waals surface area (Å²) in [6.45, 7) is 15.4. The van der Waals surface area contributed by atoms with E-state index in [2.05, 4.69) is 24.5 Å². The van der Waals surface area contributed by atoms with E-state index in [4.69, 9.17) is 4.74 Å². The average molecular weight is 682 g/mol. The highest BCUT2D eigenvalue weighted by atomic mass is 16.5. The number of aromatic hydroxyl groups is 1. The first-order valence-corrected chi connectivity index (χ1v) is 17.3. The minimum absolute atomic E-state index is 0.0937. The van der Waals surface area contributed by atoms with Crippen LogP contribution in [-0.2, 0) is 20.7 Å². The summed E-state index contributed by atoms with van der Waals surface area (Å²) in [5.74, 6) is -0.314. The molecule has 4 rings (SSSR count). The van der Waals surface area contributed by atoms with Gasteiger partial charge in [-0.05, 0) is 93.3 Å². The molecule has 11 heteroatoms. The second kappa shape index (κ2) is 15.7. The van der Waals surface area contributed by atoms with E-state index in [-0.39, 0.29) is 29.0 Å². The number of ether oxygens (including phenoxy) is 1. The van der Waals surface area contributed by atoms with E-state index < -0.39 is 48.1 Å². The van der Waals surface area contributed by atoms with Crippen molar-refractivity contribution in [1.29, 1.82) is 0 Å². The lowest BCUT2D eigenvalue weighted by atomic mass is 9.84. The number of piperazine rings is 1. The van der Waals surface area contributed by atoms with Crippen molar-refractivity contribution >= 4 is 17.9 Å². The highest BCUT2D eigenvalue weighted by Gasteiger charge is 2.45. The van der Waals surface area contributed by atoms with Crippen molar-refractivity contribution in [3.05, 3.63) is 69.8 Å². The third-order valence-corrected chi connectivity index (χ3v) is 10.0. The van der Waals surface area contributed by atoms with Gasteiger partial charge >= 0.3 is 0 Å². The minimum Gasteiger partial charge on any atom is -0.508 e. The van der Waals surface area contributed by atoms with Crippen molar-refractivity contribution in [1.82, 2.24) is 15.5 Å². The highest BCUT2D eigenvalue weighted by molar-refractivity contribution is 5.93. The van der Waals surface area contributed by atoms with Gasteiger partial charge in [0.1, 0.15) is 41.8 Å². The maximum absolute atomic E-state index is 13.4. The fraction of sp³-hybridized carbons (Fsp3) is 0.579. The Labute approximate surface area is 290 Å². The number of carbonyl (C=O) groups excluding carboxylic acids is 2. The molecule has 1 unspecified atom stereocenters. The number of aliphatic hydroxyl groups is 4. The summed E-state index contributed by atoms with van der Waals surface area (Å²) >= 11 is 0. The fourth-order valence-electron chi connectivity index (χ4n) is 6.45. The molecule has 0 radical (unpaired) electrons. The number of amides is 2. The summed E-state index contributed by atoms with van der Waals surface area (Å²) < 4.78 is 5.78. The lowest BCUT2D eigenvalue weighted by Crippen LogP contribution is -2.60. The van der Waals surface area contributed by atoms with Crippen LogP contribution in [0.25, 0.3) is 6.08 Å². The van der Waals surface area contributed by atoms with Gasteiger partial charge in [0.15, 0.2) is 0 Å². The van der Waals surface area contributed by atoms with Crippen LogP contribution in [0.4, 0.5) is 0 Å². The molecule has 49 heavy (non-hydrogen) atoms. The van der Waals surface area contributed by atoms with Gasteiger partial charge in [-0.1, -0.05) is 44.2 Å². The summed E-state index contributed by atoms with van der Waals surface area (Å²) in [6.07, 6.45) is -1.71. The normalized spacial score (nSPS) is 24.2. The number of rotatable bonds is 11. The molecule has 0 aliphatic carbocycles. The Kier molecular flexibility index (Phi) is 12.3. The predicted octanol–water partition coefficient (Wildman–Crippen LogP) is 2.69. The maximum Gasteiger partial charge on any atom is 0.247 e. The van der Waals surface area contributed by atoms with Gasteiger partial charge < -0.3 is 45.8 Å². The fourth-order valence-corrected chi connectivity index (χ4v) is 6.45. The van der Waals surface area contributed by atoms with Gasteiger partial charge in [0.25, 0.3) is 0 Å². The van der Waals surface area contributed by atoms with Crippen LogP contribution in [0.3, 0.4) is 0 Å². The minimum atomic E-state index is -1.56. The molecule has 2 saturated heterocycles. The number of carbonyl (C=O) groups is 2. The number of nitrogens with one attached hydrogen (secondary N) is 2. The number of phenols is 1. The predicted molar refractivity (Wildman–Crippen MR) is 188 cm³/mol. The molecular weight excluding hydrogens is 626 g/mol. The summed E-state index contributed by atoms with van der Waals surface area (Å²) in [5, 5.41) is 58.4. The van der Waals surface area contributed by atoms with E-state index in [1.165, 1.54) is 0 Å². The lowest BCUT2D eigenvalue weighted by molar-refractivity contribution is -0.232. The molecule has 2 aliphatic rings. The second-order valence-electron chi connectivity index (χ2n) is 14.7. The Morgan fingerprint density at radius 1 is 1.04 bits per heavy atom. The van der Waals surface area contributed by atoms with E-state index in [0.29, 0.717) is 19.5 Å². The van der Waals surface area contributed by atoms with Gasteiger partial charge in [0, 0.05) is 31.7 Å². The summed E-state index contributed by atoms with van der Waals surface area (Å²) in [6, 6.07) is 9.51. The zero-order chi connectivity index (χ0) is 36.3. The van der Waals surface area contributed by atoms with Crippen LogP contribution in [0.5, 0.6) is 5.75 Å². The van der Waals surface area contributed by atoms with Gasteiger partial charge in [-0.15, -0.1) is 0 Å². The molecule has 0 bridgehead atoms. The average Bonchev–Trinajstić information content (AvgIpc) is 3.07. The van der Waals surface area contributed by atoms with Crippen molar-refractivity contribution in [2.75, 3.05) is 32.8 Å². The van der Waals surface area contributed by atoms with E-state index >= 15 is 0 Å². The van der Waals surface area contributed by atoms with Crippen molar-refractivity contribution < 1.29 is 39.9 Å². The van der Waals surface area contributed by atoms with Crippen molar-refractivity contribution in [3.63, 3.8) is 0 Å². The zero-order valence-electron chi connectivity index (χ0n) is 29.9. The molecule has 0 aromatic heterocycles. The van der Waals surface area contributed by atoms with E-state index in [9.17, 15) is 35.1 Å². The Morgan fingerprint density at radius 3 is 2.33 bits per heavy atom. The third-order valence-electron chi connectivity index (χ3n) is 10.0. The SMILES string of the molecule is CCC(C)c1cc(O)c([C@@H]2O[C@H](CO)[C@H](O)[C@H](O)[C@@H]2O)cc1Cc1ccc(/C=C/C(C)(C)C(=O)NC(C)(C)C(=O)N2CCNCC2)cc1C. The maximum atomic E-state index is 13.4. The van der Waals surface area contributed by atoms with Gasteiger partial charge in [-0.25, -0.2) is 0 Å². The summed E-state index contributed by atoms with van der Waals surface area (Å²) in [5.41, 5.74) is 3.18. The van der Waals surface area contributed by atoms with Crippen LogP contribution in [0, 0.1) is 12.3 Å². The van der Waals surface area contributed by atoms with E-state index in [1.54, 1.807) is 30.9 Å². The van der Waals surface area contributed by atoms with Crippen molar-refractivity contribution in [2.24, 2.45) is 5.41 Å². The summed E-state index contributed by atoms with van der Waals surface area (Å²) in [4.78, 5) is 28.3. The molecule has 2 amide bonds. The molecule has 2 aliphatic heterocycles. The third kappa shape index (κ3) is 8.71. The van der Waals surface area contributed by atoms with Crippen LogP contribution in [0.1, 0.15) is 93.4 Å². The monoisotopic (exact) mass is 681 g/mol.